The number of hydrogen-bond donors (Lipinski definition) is 1. The second-order valence-electron chi connectivity index (χ2n) is 0.394. The van der Waals surface area contributed by atoms with E-state index in [9.17, 15) is 4.57 Å². The Hall–Kier alpha value is -0.610. The predicted octanol–water partition coefficient (Wildman–Crippen LogP) is 1.06. The van der Waals surface area contributed by atoms with Crippen molar-refractivity contribution in [3.8, 4) is 5.81 Å². The SMILES string of the molecule is N#CP(=N)=O. The van der Waals surface area contributed by atoms with E-state index in [1.54, 1.807) is 0 Å². The third-order valence-corrected chi connectivity index (χ3v) is 0.272. The zero-order chi connectivity index (χ0) is 4.28. The van der Waals surface area contributed by atoms with Gasteiger partial charge in [-0.25, -0.2) is 9.73 Å². The number of nitrogens with zero attached hydrogens (tertiary/aromatic N) is 1. The summed E-state index contributed by atoms with van der Waals surface area (Å²) >= 11 is 0. The molecule has 0 aromatic rings. The molecule has 0 spiro atoms. The maximum Gasteiger partial charge on any atom is 0.295 e. The zero-order valence-corrected chi connectivity index (χ0v) is 3.20. The molecule has 1 N–H and O–H groups in total. The zero-order valence-electron chi connectivity index (χ0n) is 2.30. The van der Waals surface area contributed by atoms with E-state index in [1.165, 1.54) is 5.81 Å². The van der Waals surface area contributed by atoms with Crippen LogP contribution in [-0.2, 0) is 4.57 Å². The van der Waals surface area contributed by atoms with Gasteiger partial charge in [-0.1, -0.05) is 0 Å². The third kappa shape index (κ3) is 3.39. The highest BCUT2D eigenvalue weighted by Gasteiger charge is 1.63. The second-order valence-corrected chi connectivity index (χ2v) is 1.18. The van der Waals surface area contributed by atoms with Gasteiger partial charge in [-0.2, -0.15) is 5.26 Å². The summed E-state index contributed by atoms with van der Waals surface area (Å²) in [6, 6.07) is 0. The molecule has 0 aliphatic rings. The monoisotopic (exact) mass is 88.0 g/mol. The summed E-state index contributed by atoms with van der Waals surface area (Å²) in [7, 11) is -2.29. The van der Waals surface area contributed by atoms with Gasteiger partial charge in [0.05, 0.1) is 0 Å². The Bertz CT molecular complexity index is 110. The van der Waals surface area contributed by atoms with Gasteiger partial charge in [-0.3, -0.25) is 0 Å². The van der Waals surface area contributed by atoms with Gasteiger partial charge in [0.25, 0.3) is 7.59 Å². The van der Waals surface area contributed by atoms with Gasteiger partial charge < -0.3 is 0 Å². The molecule has 0 saturated carbocycles. The van der Waals surface area contributed by atoms with Crippen molar-refractivity contribution < 1.29 is 4.57 Å². The smallest absolute Gasteiger partial charge is 0.245 e. The average Bonchev–Trinajstić information content (AvgIpc) is 1.38. The lowest BCUT2D eigenvalue weighted by atomic mass is 11.8. The van der Waals surface area contributed by atoms with Gasteiger partial charge in [-0.15, -0.1) is 0 Å². The normalized spacial score (nSPS) is 9.00. The largest absolute Gasteiger partial charge is 0.295 e. The van der Waals surface area contributed by atoms with Crippen LogP contribution >= 0.6 is 7.59 Å². The molecule has 0 aliphatic heterocycles. The van der Waals surface area contributed by atoms with Gasteiger partial charge in [0.15, 0.2) is 5.81 Å². The first-order valence-electron chi connectivity index (χ1n) is 0.853. The fraction of sp³-hybridized carbons (Fsp3) is 0. The van der Waals surface area contributed by atoms with Crippen LogP contribution in [0.1, 0.15) is 0 Å². The minimum atomic E-state index is -2.29. The van der Waals surface area contributed by atoms with E-state index in [4.69, 9.17) is 10.4 Å². The van der Waals surface area contributed by atoms with Gasteiger partial charge >= 0.3 is 0 Å². The van der Waals surface area contributed by atoms with Crippen molar-refractivity contribution in [2.24, 2.45) is 0 Å². The molecule has 1 unspecified atom stereocenters. The highest BCUT2D eigenvalue weighted by Crippen LogP contribution is 1.94. The van der Waals surface area contributed by atoms with Crippen LogP contribution < -0.4 is 0 Å². The molecule has 0 aromatic heterocycles. The van der Waals surface area contributed by atoms with Crippen LogP contribution in [0.5, 0.6) is 0 Å². The molecule has 0 aromatic carbocycles. The molecule has 5 heavy (non-hydrogen) atoms. The quantitative estimate of drug-likeness (QED) is 0.450. The molecule has 0 bridgehead atoms. The van der Waals surface area contributed by atoms with Crippen molar-refractivity contribution in [3.05, 3.63) is 0 Å². The fourth-order valence-corrected chi connectivity index (χ4v) is 0. The van der Waals surface area contributed by atoms with E-state index in [1.807, 2.05) is 0 Å². The molecular formula is CHN2OP. The van der Waals surface area contributed by atoms with E-state index >= 15 is 0 Å². The summed E-state index contributed by atoms with van der Waals surface area (Å²) in [5.41, 5.74) is 0. The Morgan fingerprint density at radius 3 is 2.20 bits per heavy atom. The molecule has 0 rings (SSSR count). The Balaban J connectivity index is 3.88. The van der Waals surface area contributed by atoms with Gasteiger partial charge in [0.2, 0.25) is 0 Å². The van der Waals surface area contributed by atoms with Crippen LogP contribution in [0.3, 0.4) is 0 Å². The summed E-state index contributed by atoms with van der Waals surface area (Å²) < 4.78 is 9.27. The van der Waals surface area contributed by atoms with Crippen LogP contribution in [0.4, 0.5) is 0 Å². The lowest BCUT2D eigenvalue weighted by Gasteiger charge is -1.37. The highest BCUT2D eigenvalue weighted by molar-refractivity contribution is 7.38. The number of nitrogens with one attached hydrogen (secondary N) is 1. The first-order chi connectivity index (χ1) is 2.27. The molecule has 26 valence electrons. The molecule has 3 nitrogen and oxygen atoms in total. The number of nitriles is 1. The van der Waals surface area contributed by atoms with E-state index in [0.717, 1.165) is 0 Å². The van der Waals surface area contributed by atoms with Gasteiger partial charge in [0.1, 0.15) is 0 Å². The molecule has 4 heteroatoms. The highest BCUT2D eigenvalue weighted by atomic mass is 31.1. The van der Waals surface area contributed by atoms with Crippen LogP contribution in [0.2, 0.25) is 0 Å². The topological polar surface area (TPSA) is 64.7 Å². The Morgan fingerprint density at radius 1 is 2.00 bits per heavy atom. The lowest BCUT2D eigenvalue weighted by molar-refractivity contribution is 0.597. The van der Waals surface area contributed by atoms with E-state index in [0.29, 0.717) is 0 Å². The van der Waals surface area contributed by atoms with Gasteiger partial charge in [-0.05, 0) is 0 Å². The summed E-state index contributed by atoms with van der Waals surface area (Å²) in [5, 5.41) is 13.4. The number of hydrogen-bond acceptors (Lipinski definition) is 3. The molecule has 1 atom stereocenters. The molecule has 0 aliphatic carbocycles. The summed E-state index contributed by atoms with van der Waals surface area (Å²) in [6.07, 6.45) is 0. The molecule has 0 saturated heterocycles. The number of rotatable bonds is 0. The second kappa shape index (κ2) is 1.68. The molecule has 0 fully saturated rings. The summed E-state index contributed by atoms with van der Waals surface area (Å²) in [5.74, 6) is 1.20. The molecule has 0 amide bonds. The third-order valence-electron chi connectivity index (χ3n) is 0.0908. The van der Waals surface area contributed by atoms with Crippen LogP contribution in [-0.4, -0.2) is 0 Å². The Kier molecular flexibility index (Phi) is 1.48. The summed E-state index contributed by atoms with van der Waals surface area (Å²) in [4.78, 5) is 0. The van der Waals surface area contributed by atoms with Gasteiger partial charge in [0, 0.05) is 0 Å². The van der Waals surface area contributed by atoms with Crippen molar-refractivity contribution in [1.29, 1.82) is 10.4 Å². The van der Waals surface area contributed by atoms with Crippen LogP contribution in [0.15, 0.2) is 0 Å². The van der Waals surface area contributed by atoms with Crippen molar-refractivity contribution in [2.75, 3.05) is 0 Å². The fourth-order valence-electron chi connectivity index (χ4n) is 0. The maximum atomic E-state index is 9.27. The predicted molar refractivity (Wildman–Crippen MR) is 15.9 cm³/mol. The molecular weight excluding hydrogens is 87.0 g/mol. The summed E-state index contributed by atoms with van der Waals surface area (Å²) in [6.45, 7) is 0. The first-order valence-corrected chi connectivity index (χ1v) is 2.11. The minimum absolute atomic E-state index is 1.20. The lowest BCUT2D eigenvalue weighted by Crippen LogP contribution is -1.16. The van der Waals surface area contributed by atoms with Crippen molar-refractivity contribution in [1.82, 2.24) is 0 Å². The maximum absolute atomic E-state index is 9.27. The van der Waals surface area contributed by atoms with Crippen molar-refractivity contribution in [3.63, 3.8) is 0 Å². The van der Waals surface area contributed by atoms with Crippen LogP contribution in [0, 0.1) is 16.2 Å². The Labute approximate surface area is 29.5 Å². The molecule has 0 radical (unpaired) electrons. The molecule has 0 heterocycles. The first kappa shape index (κ1) is 4.39. The van der Waals surface area contributed by atoms with Crippen molar-refractivity contribution >= 4 is 7.59 Å². The Morgan fingerprint density at radius 2 is 2.20 bits per heavy atom. The van der Waals surface area contributed by atoms with E-state index in [-0.39, 0.29) is 0 Å². The van der Waals surface area contributed by atoms with Crippen LogP contribution in [0.25, 0.3) is 0 Å². The van der Waals surface area contributed by atoms with E-state index in [2.05, 4.69) is 0 Å². The average molecular weight is 88.0 g/mol. The minimum Gasteiger partial charge on any atom is -0.245 e. The standard InChI is InChI=1S/CHN2OP/c2-1-5(3)4/h3H. The van der Waals surface area contributed by atoms with Crippen molar-refractivity contribution in [2.45, 2.75) is 0 Å². The van der Waals surface area contributed by atoms with E-state index < -0.39 is 7.59 Å².